The van der Waals surface area contributed by atoms with E-state index >= 15 is 0 Å². The Morgan fingerprint density at radius 1 is 1.18 bits per heavy atom. The molecule has 0 aromatic carbocycles. The van der Waals surface area contributed by atoms with Gasteiger partial charge in [-0.1, -0.05) is 0 Å². The minimum atomic E-state index is -2.50. The minimum Gasteiger partial charge on any atom is -0.186 e. The fraction of sp³-hybridized carbons (Fsp3) is 1.00. The van der Waals surface area contributed by atoms with Crippen molar-refractivity contribution in [2.75, 3.05) is 19.6 Å². The summed E-state index contributed by atoms with van der Waals surface area (Å²) < 4.78 is 26.3. The molecule has 2 aliphatic heterocycles. The molecule has 0 aromatic heterocycles. The highest BCUT2D eigenvalue weighted by atomic mass is 19.3. The molecule has 0 amide bonds. The van der Waals surface area contributed by atoms with E-state index in [4.69, 9.17) is 0 Å². The molecule has 1 unspecified atom stereocenters. The van der Waals surface area contributed by atoms with Crippen LogP contribution < -0.4 is 5.43 Å². The van der Waals surface area contributed by atoms with Crippen LogP contribution in [0.4, 0.5) is 8.78 Å². The molecule has 4 heteroatoms. The normalized spacial score (nSPS) is 42.0. The summed E-state index contributed by atoms with van der Waals surface area (Å²) in [5, 5.41) is 0. The van der Waals surface area contributed by atoms with Gasteiger partial charge in [-0.2, -0.15) is 10.0 Å². The van der Waals surface area contributed by atoms with Crippen LogP contribution in [-0.2, 0) is 0 Å². The number of halogens is 2. The van der Waals surface area contributed by atoms with E-state index in [9.17, 15) is 8.78 Å². The summed E-state index contributed by atoms with van der Waals surface area (Å²) in [5.74, 6) is 0. The molecule has 1 atom stereocenters. The number of quaternary nitrogens is 1. The molecule has 0 radical (unpaired) electrons. The van der Waals surface area contributed by atoms with Crippen LogP contribution in [0.15, 0.2) is 0 Å². The van der Waals surface area contributed by atoms with Crippen LogP contribution in [0.25, 0.3) is 0 Å². The Kier molecular flexibility index (Phi) is 1.44. The lowest BCUT2D eigenvalue weighted by Crippen LogP contribution is -2.60. The van der Waals surface area contributed by atoms with Crippen molar-refractivity contribution < 1.29 is 13.4 Å². The summed E-state index contributed by atoms with van der Waals surface area (Å²) in [6.07, 6.45) is 1.59. The Bertz CT molecular complexity index is 158. The van der Waals surface area contributed by atoms with Gasteiger partial charge in [-0.25, -0.2) is 0 Å². The Hall–Kier alpha value is -0.220. The van der Waals surface area contributed by atoms with Gasteiger partial charge in [0.25, 0.3) is 0 Å². The molecule has 0 aliphatic carbocycles. The van der Waals surface area contributed by atoms with E-state index < -0.39 is 6.05 Å². The van der Waals surface area contributed by atoms with Crippen molar-refractivity contribution in [2.45, 2.75) is 25.3 Å². The molecule has 0 bridgehead atoms. The lowest BCUT2D eigenvalue weighted by atomic mass is 10.3. The first-order chi connectivity index (χ1) is 5.16. The van der Waals surface area contributed by atoms with Gasteiger partial charge in [0.15, 0.2) is 0 Å². The first-order valence-electron chi connectivity index (χ1n) is 4.16. The van der Waals surface area contributed by atoms with Crippen LogP contribution in [0.3, 0.4) is 0 Å². The average Bonchev–Trinajstić information content (AvgIpc) is 2.45. The molecule has 1 N–H and O–H groups in total. The van der Waals surface area contributed by atoms with E-state index in [0.717, 1.165) is 13.0 Å². The largest absolute Gasteiger partial charge is 0.408 e. The Labute approximate surface area is 64.7 Å². The average molecular weight is 163 g/mol. The summed E-state index contributed by atoms with van der Waals surface area (Å²) in [4.78, 5) is 0. The number of hydrogen-bond acceptors (Lipinski definition) is 1. The van der Waals surface area contributed by atoms with Crippen LogP contribution in [0, 0.1) is 0 Å². The zero-order valence-corrected chi connectivity index (χ0v) is 6.45. The Morgan fingerprint density at radius 2 is 1.91 bits per heavy atom. The van der Waals surface area contributed by atoms with Gasteiger partial charge in [0.1, 0.15) is 13.1 Å². The summed E-state index contributed by atoms with van der Waals surface area (Å²) in [5.41, 5.74) is 2.91. The predicted octanol–water partition coefficient (Wildman–Crippen LogP) is 1.10. The minimum absolute atomic E-state index is 0.0556. The van der Waals surface area contributed by atoms with Crippen molar-refractivity contribution in [3.8, 4) is 0 Å². The molecule has 0 aromatic rings. The van der Waals surface area contributed by atoms with Gasteiger partial charge >= 0.3 is 6.05 Å². The highest BCUT2D eigenvalue weighted by Gasteiger charge is 2.59. The molecular weight excluding hydrogens is 150 g/mol. The molecule has 0 saturated carbocycles. The molecule has 1 spiro atoms. The predicted molar refractivity (Wildman–Crippen MR) is 36.8 cm³/mol. The van der Waals surface area contributed by atoms with Crippen molar-refractivity contribution in [2.24, 2.45) is 0 Å². The van der Waals surface area contributed by atoms with Gasteiger partial charge in [-0.05, 0) is 0 Å². The van der Waals surface area contributed by atoms with E-state index in [-0.39, 0.29) is 11.0 Å². The van der Waals surface area contributed by atoms with Crippen LogP contribution >= 0.6 is 0 Å². The van der Waals surface area contributed by atoms with E-state index in [1.165, 1.54) is 0 Å². The zero-order chi connectivity index (χ0) is 7.95. The van der Waals surface area contributed by atoms with Crippen LogP contribution in [0.2, 0.25) is 0 Å². The lowest BCUT2D eigenvalue weighted by molar-refractivity contribution is -1.02. The molecule has 2 aliphatic rings. The molecule has 2 heterocycles. The number of hydrogen-bond donors (Lipinski definition) is 1. The SMILES string of the molecule is FC1(F)CCC[N+]12CCCN2. The summed E-state index contributed by atoms with van der Waals surface area (Å²) in [6.45, 7) is 1.95. The second-order valence-electron chi connectivity index (χ2n) is 3.45. The summed E-state index contributed by atoms with van der Waals surface area (Å²) >= 11 is 0. The topological polar surface area (TPSA) is 12.0 Å². The maximum atomic E-state index is 13.2. The highest BCUT2D eigenvalue weighted by Crippen LogP contribution is 2.39. The standard InChI is InChI=1S/C7H13F2N2/c8-7(9)3-1-5-11(7)6-2-4-10-11/h10H,1-6H2/q+1. The monoisotopic (exact) mass is 163 g/mol. The van der Waals surface area contributed by atoms with Gasteiger partial charge in [-0.3, -0.25) is 0 Å². The third-order valence-electron chi connectivity index (χ3n) is 2.77. The lowest BCUT2D eigenvalue weighted by Gasteiger charge is -2.33. The molecule has 2 nitrogen and oxygen atoms in total. The van der Waals surface area contributed by atoms with Crippen molar-refractivity contribution >= 4 is 0 Å². The van der Waals surface area contributed by atoms with E-state index in [0.29, 0.717) is 19.5 Å². The second-order valence-corrected chi connectivity index (χ2v) is 3.45. The van der Waals surface area contributed by atoms with Gasteiger partial charge < -0.3 is 0 Å². The third-order valence-corrected chi connectivity index (χ3v) is 2.77. The van der Waals surface area contributed by atoms with Crippen molar-refractivity contribution in [3.63, 3.8) is 0 Å². The first-order valence-corrected chi connectivity index (χ1v) is 4.16. The molecule has 64 valence electrons. The van der Waals surface area contributed by atoms with Gasteiger partial charge in [0.2, 0.25) is 0 Å². The number of nitrogens with one attached hydrogen (secondary N) is 1. The quantitative estimate of drug-likeness (QED) is 0.416. The fourth-order valence-electron chi connectivity index (χ4n) is 2.13. The number of nitrogens with zero attached hydrogens (tertiary/aromatic N) is 1. The zero-order valence-electron chi connectivity index (χ0n) is 6.45. The van der Waals surface area contributed by atoms with Crippen molar-refractivity contribution in [1.82, 2.24) is 5.43 Å². The van der Waals surface area contributed by atoms with Crippen LogP contribution in [-0.4, -0.2) is 30.3 Å². The van der Waals surface area contributed by atoms with Gasteiger partial charge in [-0.15, -0.1) is 8.78 Å². The second kappa shape index (κ2) is 2.14. The molecular formula is C7H13F2N2+. The highest BCUT2D eigenvalue weighted by molar-refractivity contribution is 4.67. The van der Waals surface area contributed by atoms with Crippen LogP contribution in [0.1, 0.15) is 19.3 Å². The molecule has 2 rings (SSSR count). The fourth-order valence-corrected chi connectivity index (χ4v) is 2.13. The number of alkyl halides is 2. The Balaban J connectivity index is 2.22. The molecule has 2 saturated heterocycles. The third kappa shape index (κ3) is 0.891. The maximum absolute atomic E-state index is 13.2. The summed E-state index contributed by atoms with van der Waals surface area (Å²) in [6, 6.07) is -2.50. The maximum Gasteiger partial charge on any atom is 0.408 e. The van der Waals surface area contributed by atoms with Crippen molar-refractivity contribution in [1.29, 1.82) is 0 Å². The first kappa shape index (κ1) is 7.43. The molecule has 11 heavy (non-hydrogen) atoms. The van der Waals surface area contributed by atoms with E-state index in [2.05, 4.69) is 5.43 Å². The molecule has 2 fully saturated rings. The van der Waals surface area contributed by atoms with Gasteiger partial charge in [0, 0.05) is 12.8 Å². The van der Waals surface area contributed by atoms with E-state index in [1.807, 2.05) is 0 Å². The van der Waals surface area contributed by atoms with Crippen LogP contribution in [0.5, 0.6) is 0 Å². The Morgan fingerprint density at radius 3 is 2.36 bits per heavy atom. The van der Waals surface area contributed by atoms with Gasteiger partial charge in [0.05, 0.1) is 13.0 Å². The number of rotatable bonds is 0. The smallest absolute Gasteiger partial charge is 0.186 e. The van der Waals surface area contributed by atoms with Crippen molar-refractivity contribution in [3.05, 3.63) is 0 Å². The van der Waals surface area contributed by atoms with E-state index in [1.54, 1.807) is 0 Å². The summed E-state index contributed by atoms with van der Waals surface area (Å²) in [7, 11) is 0.